The summed E-state index contributed by atoms with van der Waals surface area (Å²) >= 11 is 11.9. The molecule has 28 heavy (non-hydrogen) atoms. The molecule has 1 fully saturated rings. The van der Waals surface area contributed by atoms with Crippen molar-refractivity contribution in [1.29, 1.82) is 0 Å². The maximum Gasteiger partial charge on any atom is 0.128 e. The van der Waals surface area contributed by atoms with Crippen LogP contribution in [0.15, 0.2) is 42.5 Å². The lowest BCUT2D eigenvalue weighted by atomic mass is 10.0. The van der Waals surface area contributed by atoms with Gasteiger partial charge in [0.25, 0.3) is 0 Å². The van der Waals surface area contributed by atoms with Crippen molar-refractivity contribution in [3.8, 4) is 5.75 Å². The standard InChI is InChI=1S/C22H27Cl2N2O2/c1-22(27,16-28-21-4-2-3-19(24)13-21)15-25-20-9-11-26(12-10-20)14-17-5-7-18(23)8-6-17/h2-3,5-8,13,20,25,27H,9-12,14-16H2,1H3/t22-/m0/s1. The molecule has 1 heterocycles. The molecule has 6 heteroatoms. The summed E-state index contributed by atoms with van der Waals surface area (Å²) in [5, 5.41) is 15.4. The molecule has 0 aromatic heterocycles. The number of benzene rings is 2. The zero-order valence-corrected chi connectivity index (χ0v) is 17.6. The minimum atomic E-state index is -0.962. The van der Waals surface area contributed by atoms with Crippen LogP contribution in [0.2, 0.25) is 10.0 Å². The minimum absolute atomic E-state index is 0.187. The van der Waals surface area contributed by atoms with E-state index in [9.17, 15) is 5.11 Å². The number of hydrogen-bond donors (Lipinski definition) is 2. The van der Waals surface area contributed by atoms with Crippen LogP contribution >= 0.6 is 23.2 Å². The molecule has 1 radical (unpaired) electrons. The first-order valence-electron chi connectivity index (χ1n) is 9.62. The van der Waals surface area contributed by atoms with Crippen molar-refractivity contribution < 1.29 is 9.84 Å². The summed E-state index contributed by atoms with van der Waals surface area (Å²) in [4.78, 5) is 2.46. The molecule has 2 N–H and O–H groups in total. The lowest BCUT2D eigenvalue weighted by molar-refractivity contribution is 0.00808. The number of likely N-dealkylation sites (tertiary alicyclic amines) is 1. The van der Waals surface area contributed by atoms with Crippen molar-refractivity contribution in [1.82, 2.24) is 10.2 Å². The monoisotopic (exact) mass is 421 g/mol. The van der Waals surface area contributed by atoms with E-state index < -0.39 is 5.60 Å². The zero-order chi connectivity index (χ0) is 20.0. The van der Waals surface area contributed by atoms with Crippen molar-refractivity contribution in [2.24, 2.45) is 0 Å². The molecule has 0 unspecified atom stereocenters. The number of rotatable bonds is 8. The van der Waals surface area contributed by atoms with Gasteiger partial charge in [0.2, 0.25) is 0 Å². The van der Waals surface area contributed by atoms with Crippen LogP contribution in [0.25, 0.3) is 0 Å². The second kappa shape index (κ2) is 9.95. The Morgan fingerprint density at radius 3 is 2.57 bits per heavy atom. The van der Waals surface area contributed by atoms with Gasteiger partial charge in [0.1, 0.15) is 18.0 Å². The normalized spacial score (nSPS) is 18.0. The van der Waals surface area contributed by atoms with Crippen molar-refractivity contribution >= 4 is 23.2 Å². The predicted molar refractivity (Wildman–Crippen MR) is 114 cm³/mol. The number of piperidine rings is 1. The Bertz CT molecular complexity index is 744. The van der Waals surface area contributed by atoms with Crippen LogP contribution < -0.4 is 10.1 Å². The fourth-order valence-electron chi connectivity index (χ4n) is 3.29. The molecule has 1 saturated heterocycles. The van der Waals surface area contributed by atoms with Gasteiger partial charge in [0.15, 0.2) is 0 Å². The van der Waals surface area contributed by atoms with E-state index in [1.807, 2.05) is 12.1 Å². The summed E-state index contributed by atoms with van der Waals surface area (Å²) < 4.78 is 5.64. The van der Waals surface area contributed by atoms with E-state index >= 15 is 0 Å². The van der Waals surface area contributed by atoms with Crippen LogP contribution in [0.5, 0.6) is 5.75 Å². The van der Waals surface area contributed by atoms with E-state index in [0.29, 0.717) is 23.4 Å². The van der Waals surface area contributed by atoms with E-state index in [-0.39, 0.29) is 6.61 Å². The fourth-order valence-corrected chi connectivity index (χ4v) is 3.58. The predicted octanol–water partition coefficient (Wildman–Crippen LogP) is 4.18. The SMILES string of the molecule is C[C@](O)(CNC1CCN(Cc2ccc(Cl)cc2)CC1)COc1[c]ccc(Cl)c1. The topological polar surface area (TPSA) is 44.7 Å². The highest BCUT2D eigenvalue weighted by atomic mass is 35.5. The molecule has 3 rings (SSSR count). The van der Waals surface area contributed by atoms with Gasteiger partial charge in [-0.05, 0) is 68.8 Å². The maximum atomic E-state index is 10.6. The summed E-state index contributed by atoms with van der Waals surface area (Å²) in [6, 6.07) is 16.6. The summed E-state index contributed by atoms with van der Waals surface area (Å²) in [6.45, 7) is 5.47. The van der Waals surface area contributed by atoms with Gasteiger partial charge in [-0.25, -0.2) is 0 Å². The number of hydrogen-bond acceptors (Lipinski definition) is 4. The molecule has 0 saturated carbocycles. The highest BCUT2D eigenvalue weighted by molar-refractivity contribution is 6.30. The van der Waals surface area contributed by atoms with Gasteiger partial charge in [-0.15, -0.1) is 0 Å². The summed E-state index contributed by atoms with van der Waals surface area (Å²) in [6.07, 6.45) is 2.12. The van der Waals surface area contributed by atoms with E-state index in [1.54, 1.807) is 25.1 Å². The first-order valence-corrected chi connectivity index (χ1v) is 10.4. The molecule has 1 atom stereocenters. The van der Waals surface area contributed by atoms with Crippen molar-refractivity contribution in [2.45, 2.75) is 38.0 Å². The molecule has 2 aromatic carbocycles. The quantitative estimate of drug-likeness (QED) is 0.670. The third-order valence-corrected chi connectivity index (χ3v) is 5.44. The Hall–Kier alpha value is -1.30. The lowest BCUT2D eigenvalue weighted by Crippen LogP contribution is -2.49. The minimum Gasteiger partial charge on any atom is -0.490 e. The van der Waals surface area contributed by atoms with Gasteiger partial charge in [0, 0.05) is 35.2 Å². The summed E-state index contributed by atoms with van der Waals surface area (Å²) in [5.74, 6) is 0.545. The van der Waals surface area contributed by atoms with E-state index in [0.717, 1.165) is 37.5 Å². The molecule has 1 aliphatic rings. The van der Waals surface area contributed by atoms with Gasteiger partial charge in [-0.3, -0.25) is 4.90 Å². The van der Waals surface area contributed by atoms with Gasteiger partial charge in [-0.2, -0.15) is 0 Å². The number of aliphatic hydroxyl groups is 1. The van der Waals surface area contributed by atoms with Gasteiger partial charge in [-0.1, -0.05) is 35.3 Å². The Kier molecular flexibility index (Phi) is 7.61. The first kappa shape index (κ1) is 21.4. The van der Waals surface area contributed by atoms with Crippen molar-refractivity contribution in [3.05, 3.63) is 64.1 Å². The van der Waals surface area contributed by atoms with Crippen LogP contribution in [0, 0.1) is 6.07 Å². The van der Waals surface area contributed by atoms with Gasteiger partial charge in [0.05, 0.1) is 0 Å². The number of nitrogens with zero attached hydrogens (tertiary/aromatic N) is 1. The molecule has 4 nitrogen and oxygen atoms in total. The first-order chi connectivity index (χ1) is 13.4. The Labute approximate surface area is 177 Å². The van der Waals surface area contributed by atoms with Crippen LogP contribution in [0.3, 0.4) is 0 Å². The number of halogens is 2. The lowest BCUT2D eigenvalue weighted by Gasteiger charge is -2.34. The number of nitrogens with one attached hydrogen (secondary N) is 1. The fraction of sp³-hybridized carbons (Fsp3) is 0.455. The van der Waals surface area contributed by atoms with E-state index in [2.05, 4.69) is 28.4 Å². The molecule has 2 aromatic rings. The second-order valence-corrected chi connectivity index (χ2v) is 8.59. The molecule has 0 aliphatic carbocycles. The molecular formula is C22H27Cl2N2O2. The summed E-state index contributed by atoms with van der Waals surface area (Å²) in [5.41, 5.74) is 0.324. The third kappa shape index (κ3) is 6.94. The molecule has 1 aliphatic heterocycles. The van der Waals surface area contributed by atoms with Crippen LogP contribution in [0.4, 0.5) is 0 Å². The zero-order valence-electron chi connectivity index (χ0n) is 16.1. The van der Waals surface area contributed by atoms with E-state index in [4.69, 9.17) is 27.9 Å². The Morgan fingerprint density at radius 2 is 1.89 bits per heavy atom. The third-order valence-electron chi connectivity index (χ3n) is 4.95. The molecule has 0 bridgehead atoms. The van der Waals surface area contributed by atoms with Gasteiger partial charge >= 0.3 is 0 Å². The maximum absolute atomic E-state index is 10.6. The van der Waals surface area contributed by atoms with Gasteiger partial charge < -0.3 is 15.2 Å². The summed E-state index contributed by atoms with van der Waals surface area (Å²) in [7, 11) is 0. The van der Waals surface area contributed by atoms with Crippen molar-refractivity contribution in [3.63, 3.8) is 0 Å². The Balaban J connectivity index is 1.37. The van der Waals surface area contributed by atoms with Crippen LogP contribution in [0.1, 0.15) is 25.3 Å². The molecule has 0 amide bonds. The number of ether oxygens (including phenoxy) is 1. The Morgan fingerprint density at radius 1 is 1.18 bits per heavy atom. The van der Waals surface area contributed by atoms with Crippen molar-refractivity contribution in [2.75, 3.05) is 26.2 Å². The molecular weight excluding hydrogens is 395 g/mol. The highest BCUT2D eigenvalue weighted by Gasteiger charge is 2.25. The molecule has 0 spiro atoms. The van der Waals surface area contributed by atoms with Crippen LogP contribution in [-0.2, 0) is 6.54 Å². The smallest absolute Gasteiger partial charge is 0.128 e. The average molecular weight is 422 g/mol. The second-order valence-electron chi connectivity index (χ2n) is 7.71. The molecule has 151 valence electrons. The van der Waals surface area contributed by atoms with Crippen LogP contribution in [-0.4, -0.2) is 47.9 Å². The highest BCUT2D eigenvalue weighted by Crippen LogP contribution is 2.19. The van der Waals surface area contributed by atoms with E-state index in [1.165, 1.54) is 5.56 Å². The average Bonchev–Trinajstić information content (AvgIpc) is 2.68. The largest absolute Gasteiger partial charge is 0.490 e.